The monoisotopic (exact) mass is 262 g/mol. The zero-order valence-corrected chi connectivity index (χ0v) is 10.9. The van der Waals surface area contributed by atoms with Crippen molar-refractivity contribution < 1.29 is 62.4 Å². The Hall–Kier alpha value is 0.790. The molecule has 0 aliphatic carbocycles. The normalized spacial score (nSPS) is 14.5. The number of halogens is 4. The molecule has 1 unspecified atom stereocenters. The summed E-state index contributed by atoms with van der Waals surface area (Å²) < 4.78 is 67.9. The molecule has 3 nitrogen and oxygen atoms in total. The molecule has 0 fully saturated rings. The first-order valence-corrected chi connectivity index (χ1v) is 4.84. The third kappa shape index (κ3) is 5.10. The second-order valence-electron chi connectivity index (χ2n) is 2.65. The molecule has 0 aliphatic rings. The minimum atomic E-state index is -4.94. The van der Waals surface area contributed by atoms with Crippen molar-refractivity contribution in [1.29, 1.82) is 0 Å². The quantitative estimate of drug-likeness (QED) is 0.271. The molecule has 0 amide bonds. The van der Waals surface area contributed by atoms with Gasteiger partial charge >= 0.3 is 40.7 Å². The summed E-state index contributed by atoms with van der Waals surface area (Å²) in [5.41, 5.74) is 0. The van der Waals surface area contributed by atoms with Gasteiger partial charge in [0, 0.05) is 13.0 Å². The van der Waals surface area contributed by atoms with E-state index in [1.807, 2.05) is 0 Å². The zero-order valence-electron chi connectivity index (χ0n) is 9.05. The van der Waals surface area contributed by atoms with E-state index in [0.717, 1.165) is 0 Å². The number of hydrogen-bond donors (Lipinski definition) is 2. The van der Waals surface area contributed by atoms with Crippen molar-refractivity contribution in [1.82, 2.24) is 0 Å². The number of aliphatic hydroxyl groups excluding tert-OH is 1. The molecule has 15 heavy (non-hydrogen) atoms. The van der Waals surface area contributed by atoms with Crippen LogP contribution in [0.1, 0.15) is 20.7 Å². The molecule has 0 saturated carbocycles. The van der Waals surface area contributed by atoms with E-state index < -0.39 is 28.7 Å². The fourth-order valence-electron chi connectivity index (χ4n) is 0.732. The van der Waals surface area contributed by atoms with E-state index in [2.05, 4.69) is 0 Å². The first-order valence-electron chi connectivity index (χ1n) is 3.73. The molecule has 0 aliphatic heterocycles. The van der Waals surface area contributed by atoms with E-state index in [1.165, 1.54) is 0 Å². The Morgan fingerprint density at radius 2 is 1.67 bits per heavy atom. The molecule has 1 atom stereocenters. The summed E-state index contributed by atoms with van der Waals surface area (Å²) in [6.07, 6.45) is -1.62. The minimum Gasteiger partial charge on any atom is -1.00 e. The summed E-state index contributed by atoms with van der Waals surface area (Å²) in [5, 5.41) is 3.29. The summed E-state index contributed by atoms with van der Waals surface area (Å²) in [6, 6.07) is 0. The third-order valence-corrected chi connectivity index (χ3v) is 2.28. The molecule has 2 N–H and O–H groups in total. The van der Waals surface area contributed by atoms with Crippen molar-refractivity contribution in [2.24, 2.45) is 0 Å². The van der Waals surface area contributed by atoms with Gasteiger partial charge < -0.3 is 11.1 Å². The first kappa shape index (κ1) is 18.2. The number of alkyl halides is 4. The predicted molar refractivity (Wildman–Crippen MR) is 42.7 cm³/mol. The number of unbranched alkanes of at least 4 members (excludes halogenated alkanes) is 1. The summed E-state index contributed by atoms with van der Waals surface area (Å²) in [7, 11) is 0. The van der Waals surface area contributed by atoms with Gasteiger partial charge in [0.2, 0.25) is 11.1 Å². The average Bonchev–Trinajstić information content (AvgIpc) is 2.04. The Kier molecular flexibility index (Phi) is 8.70. The predicted octanol–water partition coefficient (Wildman–Crippen LogP) is -1.28. The van der Waals surface area contributed by atoms with Crippen LogP contribution in [0.4, 0.5) is 17.6 Å². The van der Waals surface area contributed by atoms with E-state index >= 15 is 0 Å². The molecule has 0 radical (unpaired) electrons. The van der Waals surface area contributed by atoms with Gasteiger partial charge in [-0.25, -0.2) is 4.21 Å². The van der Waals surface area contributed by atoms with E-state index in [-0.39, 0.29) is 50.4 Å². The van der Waals surface area contributed by atoms with Crippen molar-refractivity contribution in [3.05, 3.63) is 0 Å². The SMILES string of the molecule is O=S(O)C(F)(F)C(F)(F)CCCCO.[H-].[Na+]. The molecule has 9 heteroatoms. The van der Waals surface area contributed by atoms with Crippen molar-refractivity contribution in [2.75, 3.05) is 6.61 Å². The molecular weight excluding hydrogens is 251 g/mol. The molecule has 0 bridgehead atoms. The van der Waals surface area contributed by atoms with E-state index in [9.17, 15) is 21.8 Å². The van der Waals surface area contributed by atoms with Gasteiger partial charge in [0.1, 0.15) is 0 Å². The number of hydrogen-bond acceptors (Lipinski definition) is 2. The van der Waals surface area contributed by atoms with Crippen LogP contribution in [-0.4, -0.2) is 31.7 Å². The molecule has 0 spiro atoms. The third-order valence-electron chi connectivity index (χ3n) is 1.54. The van der Waals surface area contributed by atoms with Crippen molar-refractivity contribution in [3.63, 3.8) is 0 Å². The van der Waals surface area contributed by atoms with Gasteiger partial charge in [-0.3, -0.25) is 0 Å². The summed E-state index contributed by atoms with van der Waals surface area (Å²) in [4.78, 5) is 0. The van der Waals surface area contributed by atoms with Gasteiger partial charge in [0.05, 0.1) is 0 Å². The Morgan fingerprint density at radius 3 is 2.00 bits per heavy atom. The standard InChI is InChI=1S/C6H10F4O3S.Na.H/c7-5(8,3-1-2-4-11)6(9,10)14(12)13;;/h11H,1-4H2,(H,12,13);;/q;+1;-1. The maximum atomic E-state index is 12.6. The average molecular weight is 262 g/mol. The molecular formula is C6H11F4NaO3S. The fourth-order valence-corrected chi connectivity index (χ4v) is 1.09. The Bertz CT molecular complexity index is 220. The summed E-state index contributed by atoms with van der Waals surface area (Å²) in [6.45, 7) is -0.385. The van der Waals surface area contributed by atoms with Gasteiger partial charge in [-0.05, 0) is 12.8 Å². The number of rotatable bonds is 6. The minimum absolute atomic E-state index is 0. The Labute approximate surface area is 110 Å². The molecule has 0 saturated heterocycles. The van der Waals surface area contributed by atoms with Gasteiger partial charge in [-0.1, -0.05) is 0 Å². The molecule has 0 aromatic rings. The van der Waals surface area contributed by atoms with Crippen LogP contribution in [0.15, 0.2) is 0 Å². The fraction of sp³-hybridized carbons (Fsp3) is 1.00. The maximum Gasteiger partial charge on any atom is 1.00 e. The second kappa shape index (κ2) is 7.18. The van der Waals surface area contributed by atoms with Crippen LogP contribution in [0.5, 0.6) is 0 Å². The van der Waals surface area contributed by atoms with Crippen LogP contribution in [0, 0.1) is 0 Å². The molecule has 0 rings (SSSR count). The zero-order chi connectivity index (χ0) is 11.4. The molecule has 0 aromatic carbocycles. The van der Waals surface area contributed by atoms with Crippen molar-refractivity contribution in [2.45, 2.75) is 30.4 Å². The van der Waals surface area contributed by atoms with Gasteiger partial charge in [0.15, 0.2) is 0 Å². The van der Waals surface area contributed by atoms with Gasteiger partial charge in [-0.15, -0.1) is 0 Å². The number of aliphatic hydroxyl groups is 1. The largest absolute Gasteiger partial charge is 1.00 e. The van der Waals surface area contributed by atoms with E-state index in [0.29, 0.717) is 0 Å². The smallest absolute Gasteiger partial charge is 1.00 e. The van der Waals surface area contributed by atoms with Crippen LogP contribution in [-0.2, 0) is 11.1 Å². The molecule has 0 heterocycles. The second-order valence-corrected chi connectivity index (χ2v) is 3.66. The van der Waals surface area contributed by atoms with Crippen LogP contribution in [0.3, 0.4) is 0 Å². The molecule has 0 aromatic heterocycles. The Morgan fingerprint density at radius 1 is 1.20 bits per heavy atom. The van der Waals surface area contributed by atoms with Crippen LogP contribution >= 0.6 is 0 Å². The maximum absolute atomic E-state index is 12.6. The summed E-state index contributed by atoms with van der Waals surface area (Å²) in [5.74, 6) is -4.53. The topological polar surface area (TPSA) is 57.5 Å². The van der Waals surface area contributed by atoms with Crippen LogP contribution < -0.4 is 29.6 Å². The Balaban J connectivity index is -0.000000845. The summed E-state index contributed by atoms with van der Waals surface area (Å²) >= 11 is -3.90. The van der Waals surface area contributed by atoms with E-state index in [1.54, 1.807) is 0 Å². The van der Waals surface area contributed by atoms with E-state index in [4.69, 9.17) is 9.66 Å². The van der Waals surface area contributed by atoms with Crippen molar-refractivity contribution >= 4 is 11.1 Å². The van der Waals surface area contributed by atoms with Gasteiger partial charge in [0.25, 0.3) is 0 Å². The first-order chi connectivity index (χ1) is 6.25. The van der Waals surface area contributed by atoms with Crippen molar-refractivity contribution in [3.8, 4) is 0 Å². The molecule has 88 valence electrons. The van der Waals surface area contributed by atoms with Gasteiger partial charge in [-0.2, -0.15) is 17.6 Å². The van der Waals surface area contributed by atoms with Crippen LogP contribution in [0.25, 0.3) is 0 Å². The van der Waals surface area contributed by atoms with Crippen LogP contribution in [0.2, 0.25) is 0 Å².